The zero-order valence-electron chi connectivity index (χ0n) is 10.6. The molecule has 1 unspecified atom stereocenters. The van der Waals surface area contributed by atoms with Gasteiger partial charge in [0.15, 0.2) is 0 Å². The first kappa shape index (κ1) is 12.3. The van der Waals surface area contributed by atoms with Gasteiger partial charge in [-0.3, -0.25) is 10.00 Å². The van der Waals surface area contributed by atoms with E-state index in [9.17, 15) is 4.39 Å². The number of hydrogen-bond donors (Lipinski definition) is 2. The zero-order valence-corrected chi connectivity index (χ0v) is 10.6. The molecule has 2 heterocycles. The Bertz CT molecular complexity index is 526. The molecule has 0 radical (unpaired) electrons. The maximum absolute atomic E-state index is 13.4. The van der Waals surface area contributed by atoms with Gasteiger partial charge in [0.25, 0.3) is 0 Å². The fraction of sp³-hybridized carbons (Fsp3) is 0.357. The van der Waals surface area contributed by atoms with Gasteiger partial charge in [-0.05, 0) is 23.8 Å². The highest BCUT2D eigenvalue weighted by atomic mass is 19.1. The van der Waals surface area contributed by atoms with E-state index in [4.69, 9.17) is 0 Å². The molecule has 1 atom stereocenters. The molecule has 2 N–H and O–H groups in total. The number of rotatable bonds is 3. The van der Waals surface area contributed by atoms with Crippen LogP contribution in [0, 0.1) is 5.82 Å². The lowest BCUT2D eigenvalue weighted by atomic mass is 10.0. The van der Waals surface area contributed by atoms with Crippen LogP contribution in [0.15, 0.2) is 36.5 Å². The smallest absolute Gasteiger partial charge is 0.123 e. The van der Waals surface area contributed by atoms with E-state index in [-0.39, 0.29) is 11.9 Å². The van der Waals surface area contributed by atoms with Crippen molar-refractivity contribution in [3.63, 3.8) is 0 Å². The molecular formula is C14H17FN4. The molecule has 0 spiro atoms. The average molecular weight is 260 g/mol. The molecule has 0 amide bonds. The van der Waals surface area contributed by atoms with Gasteiger partial charge in [0.05, 0.1) is 0 Å². The maximum Gasteiger partial charge on any atom is 0.123 e. The van der Waals surface area contributed by atoms with Crippen LogP contribution >= 0.6 is 0 Å². The monoisotopic (exact) mass is 260 g/mol. The van der Waals surface area contributed by atoms with Gasteiger partial charge in [0.1, 0.15) is 5.82 Å². The molecule has 100 valence electrons. The Morgan fingerprint density at radius 1 is 1.37 bits per heavy atom. The van der Waals surface area contributed by atoms with E-state index >= 15 is 0 Å². The predicted octanol–water partition coefficient (Wildman–Crippen LogP) is 1.70. The molecule has 2 aromatic rings. The van der Waals surface area contributed by atoms with Crippen molar-refractivity contribution < 1.29 is 4.39 Å². The summed E-state index contributed by atoms with van der Waals surface area (Å²) in [7, 11) is 0. The maximum atomic E-state index is 13.4. The quantitative estimate of drug-likeness (QED) is 0.882. The van der Waals surface area contributed by atoms with Crippen molar-refractivity contribution in [2.24, 2.45) is 0 Å². The van der Waals surface area contributed by atoms with Crippen LogP contribution in [-0.2, 0) is 6.54 Å². The minimum Gasteiger partial charge on any atom is -0.314 e. The summed E-state index contributed by atoms with van der Waals surface area (Å²) in [6.07, 6.45) is 1.76. The van der Waals surface area contributed by atoms with E-state index in [2.05, 4.69) is 20.4 Å². The third kappa shape index (κ3) is 2.83. The number of H-pyrrole nitrogens is 1. The van der Waals surface area contributed by atoms with Gasteiger partial charge in [0.2, 0.25) is 0 Å². The second kappa shape index (κ2) is 5.50. The molecule has 0 saturated carbocycles. The van der Waals surface area contributed by atoms with E-state index in [1.807, 2.05) is 12.1 Å². The summed E-state index contributed by atoms with van der Waals surface area (Å²) in [6, 6.07) is 9.04. The zero-order chi connectivity index (χ0) is 13.1. The number of benzene rings is 1. The highest BCUT2D eigenvalue weighted by Gasteiger charge is 2.24. The lowest BCUT2D eigenvalue weighted by Gasteiger charge is -2.36. The van der Waals surface area contributed by atoms with E-state index < -0.39 is 0 Å². The van der Waals surface area contributed by atoms with E-state index in [0.717, 1.165) is 37.4 Å². The van der Waals surface area contributed by atoms with Crippen LogP contribution in [0.1, 0.15) is 17.3 Å². The summed E-state index contributed by atoms with van der Waals surface area (Å²) in [6.45, 7) is 3.56. The minimum absolute atomic E-state index is 0.176. The molecule has 1 aromatic heterocycles. The lowest BCUT2D eigenvalue weighted by molar-refractivity contribution is 0.151. The van der Waals surface area contributed by atoms with Crippen molar-refractivity contribution >= 4 is 0 Å². The molecule has 1 saturated heterocycles. The number of halogens is 1. The molecule has 19 heavy (non-hydrogen) atoms. The van der Waals surface area contributed by atoms with Crippen molar-refractivity contribution in [2.75, 3.05) is 19.6 Å². The SMILES string of the molecule is Fc1cccc(C2CNCCN2Cc2ccn[nH]2)c1. The molecule has 1 aliphatic rings. The second-order valence-electron chi connectivity index (χ2n) is 4.83. The Labute approximate surface area is 111 Å². The lowest BCUT2D eigenvalue weighted by Crippen LogP contribution is -2.45. The van der Waals surface area contributed by atoms with Crippen LogP contribution in [0.25, 0.3) is 0 Å². The Morgan fingerprint density at radius 2 is 2.32 bits per heavy atom. The molecule has 0 bridgehead atoms. The number of hydrogen-bond acceptors (Lipinski definition) is 3. The highest BCUT2D eigenvalue weighted by Crippen LogP contribution is 2.24. The number of aromatic nitrogens is 2. The number of nitrogens with one attached hydrogen (secondary N) is 2. The average Bonchev–Trinajstić information content (AvgIpc) is 2.92. The van der Waals surface area contributed by atoms with Crippen LogP contribution < -0.4 is 5.32 Å². The van der Waals surface area contributed by atoms with E-state index in [1.165, 1.54) is 6.07 Å². The van der Waals surface area contributed by atoms with Gasteiger partial charge in [-0.25, -0.2) is 4.39 Å². The molecule has 5 heteroatoms. The highest BCUT2D eigenvalue weighted by molar-refractivity contribution is 5.21. The van der Waals surface area contributed by atoms with Crippen molar-refractivity contribution in [1.82, 2.24) is 20.4 Å². The minimum atomic E-state index is -0.176. The molecule has 1 aliphatic heterocycles. The predicted molar refractivity (Wildman–Crippen MR) is 71.0 cm³/mol. The van der Waals surface area contributed by atoms with E-state index in [1.54, 1.807) is 18.3 Å². The van der Waals surface area contributed by atoms with E-state index in [0.29, 0.717) is 0 Å². The normalized spacial score (nSPS) is 20.6. The van der Waals surface area contributed by atoms with Gasteiger partial charge in [-0.15, -0.1) is 0 Å². The first-order valence-corrected chi connectivity index (χ1v) is 6.51. The van der Waals surface area contributed by atoms with Gasteiger partial charge >= 0.3 is 0 Å². The van der Waals surface area contributed by atoms with Crippen molar-refractivity contribution in [2.45, 2.75) is 12.6 Å². The Kier molecular flexibility index (Phi) is 3.57. The molecule has 1 aromatic carbocycles. The van der Waals surface area contributed by atoms with Crippen LogP contribution in [0.5, 0.6) is 0 Å². The summed E-state index contributed by atoms with van der Waals surface area (Å²) in [5.74, 6) is -0.176. The summed E-state index contributed by atoms with van der Waals surface area (Å²) in [5, 5.41) is 10.3. The van der Waals surface area contributed by atoms with Gasteiger partial charge in [0, 0.05) is 44.1 Å². The summed E-state index contributed by atoms with van der Waals surface area (Å²) in [4.78, 5) is 2.35. The fourth-order valence-corrected chi connectivity index (χ4v) is 2.57. The molecule has 4 nitrogen and oxygen atoms in total. The second-order valence-corrected chi connectivity index (χ2v) is 4.83. The van der Waals surface area contributed by atoms with Crippen molar-refractivity contribution in [3.05, 3.63) is 53.6 Å². The van der Waals surface area contributed by atoms with Gasteiger partial charge in [-0.2, -0.15) is 5.10 Å². The first-order valence-electron chi connectivity index (χ1n) is 6.51. The third-order valence-electron chi connectivity index (χ3n) is 3.52. The van der Waals surface area contributed by atoms with Crippen LogP contribution in [0.2, 0.25) is 0 Å². The number of nitrogens with zero attached hydrogens (tertiary/aromatic N) is 2. The Hall–Kier alpha value is -1.72. The summed E-state index contributed by atoms with van der Waals surface area (Å²) < 4.78 is 13.4. The standard InChI is InChI=1S/C14H17FN4/c15-12-3-1-2-11(8-12)14-9-16-6-7-19(14)10-13-4-5-17-18-13/h1-5,8,14,16H,6-7,9-10H2,(H,17,18). The largest absolute Gasteiger partial charge is 0.314 e. The molecule has 3 rings (SSSR count). The Morgan fingerprint density at radius 3 is 3.11 bits per heavy atom. The fourth-order valence-electron chi connectivity index (χ4n) is 2.57. The van der Waals surface area contributed by atoms with Gasteiger partial charge < -0.3 is 5.32 Å². The molecule has 1 fully saturated rings. The van der Waals surface area contributed by atoms with Gasteiger partial charge in [-0.1, -0.05) is 12.1 Å². The Balaban J connectivity index is 1.80. The summed E-state index contributed by atoms with van der Waals surface area (Å²) in [5.41, 5.74) is 2.11. The van der Waals surface area contributed by atoms with Crippen LogP contribution in [-0.4, -0.2) is 34.7 Å². The number of aromatic amines is 1. The molecule has 0 aliphatic carbocycles. The first-order chi connectivity index (χ1) is 9.33. The third-order valence-corrected chi connectivity index (χ3v) is 3.52. The van der Waals surface area contributed by atoms with Crippen LogP contribution in [0.4, 0.5) is 4.39 Å². The molecular weight excluding hydrogens is 243 g/mol. The van der Waals surface area contributed by atoms with Crippen molar-refractivity contribution in [1.29, 1.82) is 0 Å². The summed E-state index contributed by atoms with van der Waals surface area (Å²) >= 11 is 0. The van der Waals surface area contributed by atoms with Crippen molar-refractivity contribution in [3.8, 4) is 0 Å². The number of piperazine rings is 1. The van der Waals surface area contributed by atoms with Crippen LogP contribution in [0.3, 0.4) is 0 Å². The topological polar surface area (TPSA) is 44.0 Å².